The lowest BCUT2D eigenvalue weighted by Gasteiger charge is -2.10. The van der Waals surface area contributed by atoms with Crippen molar-refractivity contribution in [2.45, 2.75) is 19.3 Å². The molecule has 0 saturated carbocycles. The molecule has 2 rings (SSSR count). The number of rotatable bonds is 0. The van der Waals surface area contributed by atoms with Crippen molar-refractivity contribution in [3.63, 3.8) is 0 Å². The van der Waals surface area contributed by atoms with Gasteiger partial charge in [-0.2, -0.15) is 0 Å². The van der Waals surface area contributed by atoms with Crippen molar-refractivity contribution in [1.29, 1.82) is 0 Å². The summed E-state index contributed by atoms with van der Waals surface area (Å²) in [6, 6.07) is 8.78. The van der Waals surface area contributed by atoms with Gasteiger partial charge >= 0.3 is 0 Å². The van der Waals surface area contributed by atoms with Crippen LogP contribution in [0.15, 0.2) is 24.3 Å². The molecule has 1 nitrogen and oxygen atoms in total. The van der Waals surface area contributed by atoms with Gasteiger partial charge in [-0.15, -0.1) is 12.4 Å². The zero-order valence-corrected chi connectivity index (χ0v) is 8.73. The van der Waals surface area contributed by atoms with E-state index in [1.165, 1.54) is 17.5 Å². The van der Waals surface area contributed by atoms with Crippen molar-refractivity contribution < 1.29 is 0 Å². The Morgan fingerprint density at radius 2 is 2.08 bits per heavy atom. The molecular weight excluding hydrogens is 182 g/mol. The van der Waals surface area contributed by atoms with Crippen LogP contribution in [0.3, 0.4) is 0 Å². The minimum absolute atomic E-state index is 0. The van der Waals surface area contributed by atoms with Crippen LogP contribution in [0.1, 0.15) is 24.0 Å². The van der Waals surface area contributed by atoms with Crippen LogP contribution >= 0.6 is 12.4 Å². The predicted molar refractivity (Wildman–Crippen MR) is 58.7 cm³/mol. The van der Waals surface area contributed by atoms with Gasteiger partial charge in [0.05, 0.1) is 0 Å². The van der Waals surface area contributed by atoms with E-state index in [-0.39, 0.29) is 12.4 Å². The summed E-state index contributed by atoms with van der Waals surface area (Å²) in [5.41, 5.74) is 3.05. The van der Waals surface area contributed by atoms with Gasteiger partial charge in [-0.05, 0) is 30.0 Å². The summed E-state index contributed by atoms with van der Waals surface area (Å²) < 4.78 is 0. The molecule has 1 N–H and O–H groups in total. The number of nitrogens with one attached hydrogen (secondary N) is 1. The molecule has 1 aliphatic rings. The summed E-state index contributed by atoms with van der Waals surface area (Å²) in [6.07, 6.45) is 1.18. The van der Waals surface area contributed by atoms with E-state index >= 15 is 0 Å². The van der Waals surface area contributed by atoms with Crippen LogP contribution in [0.2, 0.25) is 0 Å². The molecule has 0 aliphatic carbocycles. The molecular formula is C11H16ClN. The van der Waals surface area contributed by atoms with E-state index in [4.69, 9.17) is 0 Å². The van der Waals surface area contributed by atoms with Crippen molar-refractivity contribution in [2.75, 3.05) is 13.1 Å². The third kappa shape index (κ3) is 2.23. The minimum Gasteiger partial charge on any atom is -0.316 e. The highest BCUT2D eigenvalue weighted by Crippen LogP contribution is 2.21. The molecule has 1 atom stereocenters. The molecule has 1 aromatic rings. The minimum atomic E-state index is 0. The summed E-state index contributed by atoms with van der Waals surface area (Å²) in [5, 5.41) is 3.44. The van der Waals surface area contributed by atoms with Crippen molar-refractivity contribution in [3.05, 3.63) is 35.4 Å². The Bertz CT molecular complexity index is 273. The number of hydrogen-bond donors (Lipinski definition) is 1. The highest BCUT2D eigenvalue weighted by Gasteiger charge is 2.12. The maximum absolute atomic E-state index is 3.44. The first-order chi connectivity index (χ1) is 5.88. The van der Waals surface area contributed by atoms with Crippen LogP contribution in [0.4, 0.5) is 0 Å². The summed E-state index contributed by atoms with van der Waals surface area (Å²) in [5.74, 6) is 0.670. The lowest BCUT2D eigenvalue weighted by Crippen LogP contribution is -2.18. The molecule has 72 valence electrons. The van der Waals surface area contributed by atoms with Crippen molar-refractivity contribution in [1.82, 2.24) is 5.32 Å². The Kier molecular flexibility index (Phi) is 3.76. The Morgan fingerprint density at radius 1 is 1.31 bits per heavy atom. The highest BCUT2D eigenvalue weighted by atomic mass is 35.5. The molecule has 0 amide bonds. The first-order valence-corrected chi connectivity index (χ1v) is 4.66. The van der Waals surface area contributed by atoms with E-state index in [0.29, 0.717) is 5.92 Å². The number of hydrogen-bond acceptors (Lipinski definition) is 1. The molecule has 1 aromatic carbocycles. The fourth-order valence-corrected chi connectivity index (χ4v) is 1.89. The van der Waals surface area contributed by atoms with Crippen molar-refractivity contribution >= 4 is 12.4 Å². The lowest BCUT2D eigenvalue weighted by molar-refractivity contribution is 0.644. The highest BCUT2D eigenvalue weighted by molar-refractivity contribution is 5.85. The smallest absolute Gasteiger partial charge is 0.00177 e. The number of halogens is 1. The second-order valence-electron chi connectivity index (χ2n) is 3.55. The van der Waals surface area contributed by atoms with Crippen molar-refractivity contribution in [3.8, 4) is 0 Å². The van der Waals surface area contributed by atoms with E-state index in [1.54, 1.807) is 0 Å². The molecule has 1 aliphatic heterocycles. The fourth-order valence-electron chi connectivity index (χ4n) is 1.89. The van der Waals surface area contributed by atoms with Gasteiger partial charge in [-0.3, -0.25) is 0 Å². The topological polar surface area (TPSA) is 12.0 Å². The second kappa shape index (κ2) is 4.64. The van der Waals surface area contributed by atoms with Gasteiger partial charge in [0.2, 0.25) is 0 Å². The Balaban J connectivity index is 0.000000845. The van der Waals surface area contributed by atoms with Crippen LogP contribution in [-0.4, -0.2) is 13.1 Å². The van der Waals surface area contributed by atoms with Crippen LogP contribution in [0.5, 0.6) is 0 Å². The van der Waals surface area contributed by atoms with E-state index in [9.17, 15) is 0 Å². The third-order valence-corrected chi connectivity index (χ3v) is 2.61. The van der Waals surface area contributed by atoms with Gasteiger partial charge in [0, 0.05) is 6.54 Å². The molecule has 0 fully saturated rings. The SMILES string of the molecule is CC1CNCCc2ccccc21.Cl. The molecule has 0 bridgehead atoms. The summed E-state index contributed by atoms with van der Waals surface area (Å²) in [4.78, 5) is 0. The average molecular weight is 198 g/mol. The van der Waals surface area contributed by atoms with Gasteiger partial charge in [0.1, 0.15) is 0 Å². The van der Waals surface area contributed by atoms with Gasteiger partial charge in [-0.1, -0.05) is 31.2 Å². The third-order valence-electron chi connectivity index (χ3n) is 2.61. The molecule has 0 radical (unpaired) electrons. The molecule has 1 heterocycles. The van der Waals surface area contributed by atoms with E-state index < -0.39 is 0 Å². The Labute approximate surface area is 86.0 Å². The van der Waals surface area contributed by atoms with E-state index in [1.807, 2.05) is 0 Å². The number of fused-ring (bicyclic) bond motifs is 1. The molecule has 2 heteroatoms. The predicted octanol–water partition coefficient (Wildman–Crippen LogP) is 2.36. The van der Waals surface area contributed by atoms with Gasteiger partial charge in [0.15, 0.2) is 0 Å². The van der Waals surface area contributed by atoms with E-state index in [2.05, 4.69) is 36.5 Å². The van der Waals surface area contributed by atoms with Crippen LogP contribution in [0.25, 0.3) is 0 Å². The van der Waals surface area contributed by atoms with Crippen LogP contribution in [-0.2, 0) is 6.42 Å². The molecule has 0 saturated heterocycles. The Hall–Kier alpha value is -0.530. The maximum atomic E-state index is 3.44. The molecule has 0 spiro atoms. The van der Waals surface area contributed by atoms with Crippen molar-refractivity contribution in [2.24, 2.45) is 0 Å². The van der Waals surface area contributed by atoms with Crippen LogP contribution < -0.4 is 5.32 Å². The normalized spacial score (nSPS) is 21.2. The Morgan fingerprint density at radius 3 is 2.92 bits per heavy atom. The van der Waals surface area contributed by atoms with Gasteiger partial charge in [-0.25, -0.2) is 0 Å². The van der Waals surface area contributed by atoms with Crippen LogP contribution in [0, 0.1) is 0 Å². The van der Waals surface area contributed by atoms with Gasteiger partial charge in [0.25, 0.3) is 0 Å². The maximum Gasteiger partial charge on any atom is 0.00177 e. The fraction of sp³-hybridized carbons (Fsp3) is 0.455. The summed E-state index contributed by atoms with van der Waals surface area (Å²) in [6.45, 7) is 4.54. The monoisotopic (exact) mass is 197 g/mol. The largest absolute Gasteiger partial charge is 0.316 e. The lowest BCUT2D eigenvalue weighted by atomic mass is 9.96. The first-order valence-electron chi connectivity index (χ1n) is 4.66. The van der Waals surface area contributed by atoms with Gasteiger partial charge < -0.3 is 5.32 Å². The molecule has 13 heavy (non-hydrogen) atoms. The second-order valence-corrected chi connectivity index (χ2v) is 3.55. The average Bonchev–Trinajstić information content (AvgIpc) is 2.29. The molecule has 1 unspecified atom stereocenters. The standard InChI is InChI=1S/C11H15N.ClH/c1-9-8-12-7-6-10-4-2-3-5-11(9)10;/h2-5,9,12H,6-8H2,1H3;1H. The summed E-state index contributed by atoms with van der Waals surface area (Å²) >= 11 is 0. The zero-order valence-electron chi connectivity index (χ0n) is 7.92. The first kappa shape index (κ1) is 10.6. The zero-order chi connectivity index (χ0) is 8.39. The summed E-state index contributed by atoms with van der Waals surface area (Å²) in [7, 11) is 0. The van der Waals surface area contributed by atoms with E-state index in [0.717, 1.165) is 13.1 Å². The number of benzene rings is 1. The quantitative estimate of drug-likeness (QED) is 0.674. The molecule has 0 aromatic heterocycles.